The third-order valence-corrected chi connectivity index (χ3v) is 0.407. The maximum absolute atomic E-state index is 9.98. The van der Waals surface area contributed by atoms with Crippen molar-refractivity contribution in [3.63, 3.8) is 0 Å². The summed E-state index contributed by atoms with van der Waals surface area (Å²) in [5, 5.41) is 9.98. The van der Waals surface area contributed by atoms with Gasteiger partial charge in [-0.2, -0.15) is 0 Å². The summed E-state index contributed by atoms with van der Waals surface area (Å²) in [6.45, 7) is 2.70. The van der Waals surface area contributed by atoms with Crippen LogP contribution in [0.4, 0.5) is 0 Å². The van der Waals surface area contributed by atoms with E-state index in [2.05, 4.69) is 0 Å². The van der Waals surface area contributed by atoms with Gasteiger partial charge in [-0.3, -0.25) is 4.79 Å². The zero-order chi connectivity index (χ0) is 5.86. The molecule has 3 nitrogen and oxygen atoms in total. The third kappa shape index (κ3) is 18.2. The number of carbonyl (C=O) groups is 1. The van der Waals surface area contributed by atoms with Crippen LogP contribution in [0.5, 0.6) is 0 Å². The molecule has 4 heteroatoms. The van der Waals surface area contributed by atoms with Gasteiger partial charge in [0.15, 0.2) is 5.78 Å². The molecule has 2 N–H and O–H groups in total. The third-order valence-electron chi connectivity index (χ3n) is 0.407. The van der Waals surface area contributed by atoms with E-state index in [0.29, 0.717) is 0 Å². The van der Waals surface area contributed by atoms with Gasteiger partial charge in [-0.15, -0.1) is 5.76 Å². The predicted octanol–water partition coefficient (Wildman–Crippen LogP) is -3.98. The molecule has 0 atom stereocenters. The zero-order valence-corrected chi connectivity index (χ0v) is 5.89. The number of carbonyl (C=O) groups excluding carboxylic acids is 1. The van der Waals surface area contributed by atoms with Gasteiger partial charge in [0.25, 0.3) is 0 Å². The fraction of sp³-hybridized carbons (Fsp3) is 0.400. The first kappa shape index (κ1) is 15.9. The molecule has 0 aromatic rings. The molecule has 0 rings (SSSR count). The summed E-state index contributed by atoms with van der Waals surface area (Å²) in [4.78, 5) is 9.98. The average molecular weight is 124 g/mol. The van der Waals surface area contributed by atoms with Crippen molar-refractivity contribution < 1.29 is 34.2 Å². The van der Waals surface area contributed by atoms with Crippen molar-refractivity contribution in [2.24, 2.45) is 0 Å². The molecule has 0 aromatic carbocycles. The van der Waals surface area contributed by atoms with E-state index in [1.807, 2.05) is 0 Å². The van der Waals surface area contributed by atoms with E-state index < -0.39 is 0 Å². The van der Waals surface area contributed by atoms with Crippen LogP contribution < -0.4 is 24.0 Å². The summed E-state index contributed by atoms with van der Waals surface area (Å²) < 4.78 is 0. The molecule has 0 aliphatic carbocycles. The molecular formula is C5H9LiO3. The van der Waals surface area contributed by atoms with Crippen LogP contribution in [0.25, 0.3) is 0 Å². The van der Waals surface area contributed by atoms with Crippen molar-refractivity contribution in [1.82, 2.24) is 0 Å². The number of hydrogen-bond acceptors (Lipinski definition) is 2. The average Bonchev–Trinajstić information content (AvgIpc) is 1.27. The summed E-state index contributed by atoms with van der Waals surface area (Å²) >= 11 is 0. The van der Waals surface area contributed by atoms with E-state index in [4.69, 9.17) is 0 Å². The van der Waals surface area contributed by atoms with Gasteiger partial charge in [-0.25, -0.2) is 0 Å². The molecule has 0 spiro atoms. The van der Waals surface area contributed by atoms with Crippen LogP contribution in [0, 0.1) is 0 Å². The minimum absolute atomic E-state index is 0. The fourth-order valence-electron chi connectivity index (χ4n) is 0.286. The molecular weight excluding hydrogens is 115 g/mol. The number of allylic oxidation sites excluding steroid dienone is 2. The fourth-order valence-corrected chi connectivity index (χ4v) is 0.286. The van der Waals surface area contributed by atoms with Crippen molar-refractivity contribution >= 4 is 5.78 Å². The van der Waals surface area contributed by atoms with Gasteiger partial charge in [0.1, 0.15) is 0 Å². The maximum Gasteiger partial charge on any atom is 1.00 e. The van der Waals surface area contributed by atoms with Crippen LogP contribution in [0.1, 0.15) is 13.8 Å². The molecule has 0 saturated heterocycles. The Kier molecular flexibility index (Phi) is 13.7. The SMILES string of the molecule is CC(=O)/C=C(/C)[O-].O.[Li+]. The van der Waals surface area contributed by atoms with Crippen LogP contribution in [-0.4, -0.2) is 11.3 Å². The Bertz CT molecular complexity index is 105. The maximum atomic E-state index is 9.98. The minimum Gasteiger partial charge on any atom is -0.876 e. The monoisotopic (exact) mass is 124 g/mol. The standard InChI is InChI=1S/C5H8O2.Li.H2O/c1-4(6)3-5(2)7;;/h3,6H,1-2H3;;1H2/q;+1;/p-1/b4-3-;;. The molecule has 0 fully saturated rings. The van der Waals surface area contributed by atoms with Crippen molar-refractivity contribution in [3.05, 3.63) is 11.8 Å². The summed E-state index contributed by atoms with van der Waals surface area (Å²) in [5.41, 5.74) is 0. The van der Waals surface area contributed by atoms with E-state index in [9.17, 15) is 9.90 Å². The Morgan fingerprint density at radius 3 is 1.78 bits per heavy atom. The largest absolute Gasteiger partial charge is 1.00 e. The molecule has 0 aliphatic rings. The first-order chi connectivity index (χ1) is 3.13. The topological polar surface area (TPSA) is 71.6 Å². The first-order valence-electron chi connectivity index (χ1n) is 1.99. The second kappa shape index (κ2) is 7.77. The van der Waals surface area contributed by atoms with Gasteiger partial charge >= 0.3 is 18.9 Å². The summed E-state index contributed by atoms with van der Waals surface area (Å²) in [5.74, 6) is -0.375. The van der Waals surface area contributed by atoms with Gasteiger partial charge in [0.2, 0.25) is 0 Å². The molecule has 48 valence electrons. The molecule has 0 radical (unpaired) electrons. The number of ketones is 1. The van der Waals surface area contributed by atoms with Gasteiger partial charge in [0.05, 0.1) is 0 Å². The molecule has 0 aromatic heterocycles. The Balaban J connectivity index is -0.000000180. The molecule has 0 aliphatic heterocycles. The minimum atomic E-state index is -0.187. The van der Waals surface area contributed by atoms with E-state index in [0.717, 1.165) is 6.08 Å². The summed E-state index contributed by atoms with van der Waals surface area (Å²) in [6.07, 6.45) is 1.06. The van der Waals surface area contributed by atoms with Gasteiger partial charge in [0, 0.05) is 0 Å². The van der Waals surface area contributed by atoms with Crippen molar-refractivity contribution in [3.8, 4) is 0 Å². The summed E-state index contributed by atoms with van der Waals surface area (Å²) in [6, 6.07) is 0. The Labute approximate surface area is 66.2 Å². The number of rotatable bonds is 1. The second-order valence-corrected chi connectivity index (χ2v) is 1.37. The zero-order valence-electron chi connectivity index (χ0n) is 5.89. The molecule has 0 heterocycles. The summed E-state index contributed by atoms with van der Waals surface area (Å²) in [7, 11) is 0. The normalized spacial score (nSPS) is 8.89. The van der Waals surface area contributed by atoms with Crippen LogP contribution in [0.3, 0.4) is 0 Å². The van der Waals surface area contributed by atoms with E-state index in [1.54, 1.807) is 0 Å². The van der Waals surface area contributed by atoms with Crippen LogP contribution >= 0.6 is 0 Å². The molecule has 0 saturated carbocycles. The second-order valence-electron chi connectivity index (χ2n) is 1.37. The quantitative estimate of drug-likeness (QED) is 0.203. The van der Waals surface area contributed by atoms with Crippen molar-refractivity contribution in [2.45, 2.75) is 13.8 Å². The van der Waals surface area contributed by atoms with Gasteiger partial charge < -0.3 is 10.6 Å². The Hall–Kier alpha value is -0.233. The van der Waals surface area contributed by atoms with Crippen LogP contribution in [0.15, 0.2) is 11.8 Å². The van der Waals surface area contributed by atoms with Gasteiger partial charge in [-0.05, 0) is 13.0 Å². The molecule has 9 heavy (non-hydrogen) atoms. The molecule has 0 bridgehead atoms. The predicted molar refractivity (Wildman–Crippen MR) is 28.1 cm³/mol. The van der Waals surface area contributed by atoms with Crippen molar-refractivity contribution in [1.29, 1.82) is 0 Å². The first-order valence-corrected chi connectivity index (χ1v) is 1.99. The van der Waals surface area contributed by atoms with Crippen LogP contribution in [0.2, 0.25) is 0 Å². The van der Waals surface area contributed by atoms with Crippen molar-refractivity contribution in [2.75, 3.05) is 0 Å². The molecule has 0 unspecified atom stereocenters. The van der Waals surface area contributed by atoms with Crippen LogP contribution in [-0.2, 0) is 4.79 Å². The van der Waals surface area contributed by atoms with Gasteiger partial charge in [-0.1, -0.05) is 6.92 Å². The number of hydrogen-bond donors (Lipinski definition) is 0. The molecule has 0 amide bonds. The van der Waals surface area contributed by atoms with E-state index in [-0.39, 0.29) is 35.9 Å². The smallest absolute Gasteiger partial charge is 0.876 e. The van der Waals surface area contributed by atoms with E-state index >= 15 is 0 Å². The Morgan fingerprint density at radius 1 is 1.44 bits per heavy atom. The van der Waals surface area contributed by atoms with E-state index in [1.165, 1.54) is 13.8 Å². The Morgan fingerprint density at radius 2 is 1.78 bits per heavy atom.